The maximum absolute atomic E-state index is 11.6. The lowest BCUT2D eigenvalue weighted by Gasteiger charge is -2.45. The van der Waals surface area contributed by atoms with Gasteiger partial charge in [0.25, 0.3) is 0 Å². The molecule has 2 fully saturated rings. The number of ether oxygens (including phenoxy) is 1. The molecule has 1 aliphatic heterocycles. The molecule has 2 nitrogen and oxygen atoms in total. The highest BCUT2D eigenvalue weighted by molar-refractivity contribution is 5.91. The van der Waals surface area contributed by atoms with E-state index in [1.807, 2.05) is 0 Å². The van der Waals surface area contributed by atoms with Crippen LogP contribution >= 0.6 is 0 Å². The van der Waals surface area contributed by atoms with E-state index in [2.05, 4.69) is 26.5 Å². The third kappa shape index (κ3) is 1.50. The van der Waals surface area contributed by atoms with Gasteiger partial charge in [-0.1, -0.05) is 38.5 Å². The first kappa shape index (κ1) is 11.1. The molecular weight excluding hydrogens is 212 g/mol. The maximum atomic E-state index is 11.6. The molecule has 0 spiro atoms. The van der Waals surface area contributed by atoms with Crippen LogP contribution in [0.15, 0.2) is 23.8 Å². The molecule has 1 saturated carbocycles. The van der Waals surface area contributed by atoms with Gasteiger partial charge in [0.05, 0.1) is 0 Å². The fourth-order valence-electron chi connectivity index (χ4n) is 3.94. The van der Waals surface area contributed by atoms with Gasteiger partial charge in [0, 0.05) is 11.5 Å². The minimum absolute atomic E-state index is 0.0500. The molecule has 0 bridgehead atoms. The first-order valence-corrected chi connectivity index (χ1v) is 6.63. The number of carbonyl (C=O) groups excluding carboxylic acids is 1. The zero-order chi connectivity index (χ0) is 12.2. The van der Waals surface area contributed by atoms with Crippen molar-refractivity contribution in [2.75, 3.05) is 0 Å². The zero-order valence-corrected chi connectivity index (χ0v) is 10.7. The molecule has 0 aromatic rings. The molecule has 3 rings (SSSR count). The Balaban J connectivity index is 2.01. The van der Waals surface area contributed by atoms with Crippen molar-refractivity contribution in [2.24, 2.45) is 17.3 Å². The van der Waals surface area contributed by atoms with Crippen LogP contribution in [0.2, 0.25) is 0 Å². The molecule has 1 heterocycles. The Kier molecular flexibility index (Phi) is 2.26. The predicted octanol–water partition coefficient (Wildman–Crippen LogP) is 3.24. The van der Waals surface area contributed by atoms with Gasteiger partial charge in [-0.25, -0.2) is 4.79 Å². The summed E-state index contributed by atoms with van der Waals surface area (Å²) in [5.74, 6) is 0.607. The molecule has 0 aromatic heterocycles. The van der Waals surface area contributed by atoms with Gasteiger partial charge in [0.1, 0.15) is 6.10 Å². The smallest absolute Gasteiger partial charge is 0.334 e. The maximum Gasteiger partial charge on any atom is 0.334 e. The van der Waals surface area contributed by atoms with E-state index in [0.717, 1.165) is 6.42 Å². The molecule has 0 amide bonds. The van der Waals surface area contributed by atoms with Crippen molar-refractivity contribution in [3.8, 4) is 0 Å². The molecule has 92 valence electrons. The van der Waals surface area contributed by atoms with Gasteiger partial charge in [-0.05, 0) is 30.6 Å². The number of esters is 1. The molecular formula is C15H20O2. The van der Waals surface area contributed by atoms with Crippen LogP contribution < -0.4 is 0 Å². The summed E-state index contributed by atoms with van der Waals surface area (Å²) < 4.78 is 5.44. The molecule has 0 radical (unpaired) electrons. The van der Waals surface area contributed by atoms with E-state index in [0.29, 0.717) is 11.5 Å². The summed E-state index contributed by atoms with van der Waals surface area (Å²) >= 11 is 0. The second-order valence-corrected chi connectivity index (χ2v) is 6.17. The van der Waals surface area contributed by atoms with Gasteiger partial charge in [-0.2, -0.15) is 0 Å². The summed E-state index contributed by atoms with van der Waals surface area (Å²) in [6, 6.07) is 0. The molecule has 3 aliphatic rings. The molecule has 4 atom stereocenters. The Hall–Kier alpha value is -1.05. The van der Waals surface area contributed by atoms with Crippen LogP contribution in [-0.4, -0.2) is 12.1 Å². The van der Waals surface area contributed by atoms with E-state index in [9.17, 15) is 4.79 Å². The summed E-state index contributed by atoms with van der Waals surface area (Å²) in [6.45, 7) is 8.53. The number of hydrogen-bond acceptors (Lipinski definition) is 2. The largest absolute Gasteiger partial charge is 0.458 e. The Morgan fingerprint density at radius 3 is 3.06 bits per heavy atom. The highest BCUT2D eigenvalue weighted by atomic mass is 16.6. The number of allylic oxidation sites excluding steroid dienone is 1. The lowest BCUT2D eigenvalue weighted by Crippen LogP contribution is -2.38. The fourth-order valence-corrected chi connectivity index (χ4v) is 3.94. The number of rotatable bonds is 0. The lowest BCUT2D eigenvalue weighted by molar-refractivity contribution is -0.140. The van der Waals surface area contributed by atoms with E-state index < -0.39 is 0 Å². The summed E-state index contributed by atoms with van der Waals surface area (Å²) in [5.41, 5.74) is 2.45. The van der Waals surface area contributed by atoms with Gasteiger partial charge in [-0.3, -0.25) is 0 Å². The van der Waals surface area contributed by atoms with Crippen LogP contribution in [0.1, 0.15) is 39.5 Å². The summed E-state index contributed by atoms with van der Waals surface area (Å²) in [6.07, 6.45) is 7.13. The monoisotopic (exact) mass is 232 g/mol. The Morgan fingerprint density at radius 1 is 1.53 bits per heavy atom. The molecule has 2 aliphatic carbocycles. The molecule has 17 heavy (non-hydrogen) atoms. The van der Waals surface area contributed by atoms with Crippen LogP contribution in [0.5, 0.6) is 0 Å². The lowest BCUT2D eigenvalue weighted by atomic mass is 9.60. The fraction of sp³-hybridized carbons (Fsp3) is 0.667. The van der Waals surface area contributed by atoms with E-state index >= 15 is 0 Å². The molecule has 2 heteroatoms. The second kappa shape index (κ2) is 3.47. The Bertz CT molecular complexity index is 421. The third-order valence-electron chi connectivity index (χ3n) is 4.93. The molecule has 0 N–H and O–H groups in total. The molecule has 0 aromatic carbocycles. The normalized spacial score (nSPS) is 44.8. The van der Waals surface area contributed by atoms with Crippen molar-refractivity contribution in [1.29, 1.82) is 0 Å². The number of fused-ring (bicyclic) bond motifs is 2. The average Bonchev–Trinajstić information content (AvgIpc) is 2.52. The van der Waals surface area contributed by atoms with Crippen molar-refractivity contribution in [1.82, 2.24) is 0 Å². The third-order valence-corrected chi connectivity index (χ3v) is 4.93. The van der Waals surface area contributed by atoms with Gasteiger partial charge < -0.3 is 4.74 Å². The number of hydrogen-bond donors (Lipinski definition) is 0. The van der Waals surface area contributed by atoms with E-state index in [1.54, 1.807) is 5.57 Å². The van der Waals surface area contributed by atoms with E-state index in [-0.39, 0.29) is 23.4 Å². The molecule has 1 saturated heterocycles. The SMILES string of the molecule is C=C1C(=O)O[C@@H]2C[C@@]3(C)CCCC(C)C3=C[C@H]12. The highest BCUT2D eigenvalue weighted by Gasteiger charge is 2.48. The first-order valence-electron chi connectivity index (χ1n) is 6.63. The Morgan fingerprint density at radius 2 is 2.29 bits per heavy atom. The van der Waals surface area contributed by atoms with Gasteiger partial charge in [-0.15, -0.1) is 0 Å². The van der Waals surface area contributed by atoms with Crippen LogP contribution in [0.3, 0.4) is 0 Å². The van der Waals surface area contributed by atoms with Gasteiger partial charge in [0.15, 0.2) is 0 Å². The quantitative estimate of drug-likeness (QED) is 0.364. The van der Waals surface area contributed by atoms with Crippen molar-refractivity contribution in [2.45, 2.75) is 45.6 Å². The van der Waals surface area contributed by atoms with Crippen LogP contribution in [-0.2, 0) is 9.53 Å². The van der Waals surface area contributed by atoms with Crippen molar-refractivity contribution >= 4 is 5.97 Å². The second-order valence-electron chi connectivity index (χ2n) is 6.17. The first-order chi connectivity index (χ1) is 8.01. The minimum Gasteiger partial charge on any atom is -0.458 e. The van der Waals surface area contributed by atoms with Crippen molar-refractivity contribution < 1.29 is 9.53 Å². The standard InChI is InChI=1S/C15H20O2/c1-9-5-4-6-15(3)8-13-11(7-12(9)15)10(2)14(16)17-13/h7,9,11,13H,2,4-6,8H2,1,3H3/t9?,11-,13-,15-/m1/s1. The minimum atomic E-state index is -0.188. The van der Waals surface area contributed by atoms with Crippen LogP contribution in [0.25, 0.3) is 0 Å². The molecule has 1 unspecified atom stereocenters. The van der Waals surface area contributed by atoms with Gasteiger partial charge in [0.2, 0.25) is 0 Å². The van der Waals surface area contributed by atoms with Crippen LogP contribution in [0.4, 0.5) is 0 Å². The number of carbonyl (C=O) groups is 1. The summed E-state index contributed by atoms with van der Waals surface area (Å²) in [7, 11) is 0. The van der Waals surface area contributed by atoms with Crippen LogP contribution in [0, 0.1) is 17.3 Å². The average molecular weight is 232 g/mol. The summed E-state index contributed by atoms with van der Waals surface area (Å²) in [4.78, 5) is 11.6. The Labute approximate surface area is 103 Å². The van der Waals surface area contributed by atoms with E-state index in [4.69, 9.17) is 4.74 Å². The highest BCUT2D eigenvalue weighted by Crippen LogP contribution is 2.53. The topological polar surface area (TPSA) is 26.3 Å². The van der Waals surface area contributed by atoms with E-state index in [1.165, 1.54) is 19.3 Å². The van der Waals surface area contributed by atoms with Crippen molar-refractivity contribution in [3.05, 3.63) is 23.8 Å². The van der Waals surface area contributed by atoms with Gasteiger partial charge >= 0.3 is 5.97 Å². The van der Waals surface area contributed by atoms with Crippen molar-refractivity contribution in [3.63, 3.8) is 0 Å². The predicted molar refractivity (Wildman–Crippen MR) is 66.3 cm³/mol. The zero-order valence-electron chi connectivity index (χ0n) is 10.7. The summed E-state index contributed by atoms with van der Waals surface area (Å²) in [5, 5.41) is 0.